The molecule has 0 aliphatic heterocycles. The number of ether oxygens (including phenoxy) is 1. The van der Waals surface area contributed by atoms with E-state index >= 15 is 0 Å². The third-order valence-electron chi connectivity index (χ3n) is 1.55. The Labute approximate surface area is 102 Å². The van der Waals surface area contributed by atoms with Gasteiger partial charge in [0, 0.05) is 7.11 Å². The van der Waals surface area contributed by atoms with Crippen LogP contribution in [-0.4, -0.2) is 35.7 Å². The van der Waals surface area contributed by atoms with Gasteiger partial charge in [-0.1, -0.05) is 0 Å². The number of hydrogen-bond donors (Lipinski definition) is 2. The van der Waals surface area contributed by atoms with E-state index in [0.29, 0.717) is 7.11 Å². The van der Waals surface area contributed by atoms with Gasteiger partial charge in [0.25, 0.3) is 0 Å². The van der Waals surface area contributed by atoms with Gasteiger partial charge in [-0.05, 0) is 20.8 Å². The van der Waals surface area contributed by atoms with Gasteiger partial charge in [-0.25, -0.2) is 4.79 Å². The monoisotopic (exact) mass is 293 g/mol. The summed E-state index contributed by atoms with van der Waals surface area (Å²) in [6.45, 7) is 4.30. The summed E-state index contributed by atoms with van der Waals surface area (Å²) in [6.07, 6.45) is -6.60. The molecule has 0 fully saturated rings. The Morgan fingerprint density at radius 1 is 1.33 bits per heavy atom. The van der Waals surface area contributed by atoms with E-state index in [4.69, 9.17) is 4.89 Å². The topological polar surface area (TPSA) is 84.9 Å². The minimum atomic E-state index is -5.14. The molecular formula is C8H15F3NO5P. The molecule has 0 spiro atoms. The minimum absolute atomic E-state index is 0.635. The van der Waals surface area contributed by atoms with E-state index in [1.165, 1.54) is 26.1 Å². The van der Waals surface area contributed by atoms with Crippen molar-refractivity contribution < 1.29 is 36.7 Å². The highest BCUT2D eigenvalue weighted by atomic mass is 31.2. The second-order valence-corrected chi connectivity index (χ2v) is 6.35. The summed E-state index contributed by atoms with van der Waals surface area (Å²) in [7, 11) is -4.43. The fourth-order valence-corrected chi connectivity index (χ4v) is 1.72. The van der Waals surface area contributed by atoms with Crippen LogP contribution in [0.4, 0.5) is 18.0 Å². The minimum Gasteiger partial charge on any atom is -0.444 e. The molecule has 0 bridgehead atoms. The first-order valence-electron chi connectivity index (χ1n) is 4.74. The number of amides is 1. The standard InChI is InChI=1S/C8H15F3NO5P/c1-7(2,3)17-6(13)12-5(8(9,10)11)18(14,15)16-4/h5H,1-4H3,(H,12,13)(H,14,15). The molecule has 0 saturated heterocycles. The first-order valence-corrected chi connectivity index (χ1v) is 6.38. The molecule has 0 rings (SSSR count). The van der Waals surface area contributed by atoms with Crippen molar-refractivity contribution in [3.63, 3.8) is 0 Å². The van der Waals surface area contributed by atoms with Gasteiger partial charge in [0.05, 0.1) is 0 Å². The van der Waals surface area contributed by atoms with E-state index in [9.17, 15) is 22.5 Å². The smallest absolute Gasteiger partial charge is 0.420 e. The van der Waals surface area contributed by atoms with E-state index in [0.717, 1.165) is 0 Å². The van der Waals surface area contributed by atoms with Crippen LogP contribution in [0, 0.1) is 0 Å². The second-order valence-electron chi connectivity index (χ2n) is 4.34. The highest BCUT2D eigenvalue weighted by Gasteiger charge is 2.53. The zero-order chi connectivity index (χ0) is 14.8. The molecule has 2 atom stereocenters. The Morgan fingerprint density at radius 2 is 1.78 bits per heavy atom. The van der Waals surface area contributed by atoms with Gasteiger partial charge < -0.3 is 14.2 Å². The van der Waals surface area contributed by atoms with Crippen LogP contribution in [0.1, 0.15) is 20.8 Å². The molecule has 2 unspecified atom stereocenters. The quantitative estimate of drug-likeness (QED) is 0.779. The highest BCUT2D eigenvalue weighted by Crippen LogP contribution is 2.51. The Morgan fingerprint density at radius 3 is 2.06 bits per heavy atom. The SMILES string of the molecule is COP(=O)(O)C(NC(=O)OC(C)(C)C)C(F)(F)F. The molecule has 1 amide bonds. The van der Waals surface area contributed by atoms with Crippen molar-refractivity contribution in [2.24, 2.45) is 0 Å². The molecule has 0 aromatic rings. The fourth-order valence-electron chi connectivity index (χ4n) is 0.873. The molecule has 18 heavy (non-hydrogen) atoms. The predicted octanol–water partition coefficient (Wildman–Crippen LogP) is 2.23. The summed E-state index contributed by atoms with van der Waals surface area (Å²) < 4.78 is 57.2. The number of nitrogens with one attached hydrogen (secondary N) is 1. The third kappa shape index (κ3) is 5.70. The molecule has 0 aromatic carbocycles. The number of alkyl carbamates (subject to hydrolysis) is 1. The van der Waals surface area contributed by atoms with Crippen LogP contribution in [0.25, 0.3) is 0 Å². The summed E-state index contributed by atoms with van der Waals surface area (Å²) in [5.41, 5.74) is -1.03. The average Bonchev–Trinajstić information content (AvgIpc) is 2.09. The van der Waals surface area contributed by atoms with Crippen molar-refractivity contribution in [2.45, 2.75) is 38.3 Å². The molecule has 0 heterocycles. The lowest BCUT2D eigenvalue weighted by atomic mass is 10.2. The predicted molar refractivity (Wildman–Crippen MR) is 56.0 cm³/mol. The maximum atomic E-state index is 12.5. The molecule has 2 N–H and O–H groups in total. The molecule has 108 valence electrons. The van der Waals surface area contributed by atoms with Gasteiger partial charge in [0.2, 0.25) is 5.78 Å². The zero-order valence-corrected chi connectivity index (χ0v) is 11.1. The molecule has 0 aromatic heterocycles. The van der Waals surface area contributed by atoms with Gasteiger partial charge >= 0.3 is 19.9 Å². The van der Waals surface area contributed by atoms with Crippen LogP contribution in [0.15, 0.2) is 0 Å². The highest BCUT2D eigenvalue weighted by molar-refractivity contribution is 7.53. The van der Waals surface area contributed by atoms with Crippen LogP contribution < -0.4 is 5.32 Å². The van der Waals surface area contributed by atoms with Crippen molar-refractivity contribution >= 4 is 13.7 Å². The summed E-state index contributed by atoms with van der Waals surface area (Å²) >= 11 is 0. The third-order valence-corrected chi connectivity index (χ3v) is 3.15. The summed E-state index contributed by atoms with van der Waals surface area (Å²) in [4.78, 5) is 20.2. The first kappa shape index (κ1) is 17.2. The van der Waals surface area contributed by atoms with Gasteiger partial charge in [-0.3, -0.25) is 9.88 Å². The van der Waals surface area contributed by atoms with Crippen molar-refractivity contribution in [3.05, 3.63) is 0 Å². The molecule has 10 heteroatoms. The Balaban J connectivity index is 4.95. The van der Waals surface area contributed by atoms with Gasteiger partial charge in [0.1, 0.15) is 5.60 Å². The lowest BCUT2D eigenvalue weighted by Gasteiger charge is -2.26. The van der Waals surface area contributed by atoms with Gasteiger partial charge in [0.15, 0.2) is 0 Å². The van der Waals surface area contributed by atoms with Crippen LogP contribution in [0.3, 0.4) is 0 Å². The second kappa shape index (κ2) is 5.46. The average molecular weight is 293 g/mol. The van der Waals surface area contributed by atoms with Crippen LogP contribution in [0.2, 0.25) is 0 Å². The summed E-state index contributed by atoms with van der Waals surface area (Å²) in [5, 5.41) is 1.28. The first-order chi connectivity index (χ1) is 7.79. The molecule has 0 saturated carbocycles. The molecule has 0 aliphatic carbocycles. The number of alkyl halides is 3. The molecule has 0 radical (unpaired) electrons. The van der Waals surface area contributed by atoms with Crippen LogP contribution >= 0.6 is 7.60 Å². The lowest BCUT2D eigenvalue weighted by Crippen LogP contribution is -2.47. The molecule has 0 aliphatic rings. The number of rotatable bonds is 3. The summed E-state index contributed by atoms with van der Waals surface area (Å²) in [6, 6.07) is 0. The number of carbonyl (C=O) groups is 1. The van der Waals surface area contributed by atoms with Crippen LogP contribution in [0.5, 0.6) is 0 Å². The maximum absolute atomic E-state index is 12.5. The largest absolute Gasteiger partial charge is 0.444 e. The van der Waals surface area contributed by atoms with E-state index < -0.39 is 31.2 Å². The van der Waals surface area contributed by atoms with Crippen molar-refractivity contribution in [2.75, 3.05) is 7.11 Å². The normalized spacial score (nSPS) is 17.8. The molecular weight excluding hydrogens is 278 g/mol. The van der Waals surface area contributed by atoms with Crippen molar-refractivity contribution in [1.29, 1.82) is 0 Å². The van der Waals surface area contributed by atoms with Crippen LogP contribution in [-0.2, 0) is 13.8 Å². The van der Waals surface area contributed by atoms with Gasteiger partial charge in [-0.15, -0.1) is 0 Å². The lowest BCUT2D eigenvalue weighted by molar-refractivity contribution is -0.140. The van der Waals surface area contributed by atoms with E-state index in [-0.39, 0.29) is 0 Å². The summed E-state index contributed by atoms with van der Waals surface area (Å²) in [5.74, 6) is -3.04. The van der Waals surface area contributed by atoms with E-state index in [1.54, 1.807) is 0 Å². The van der Waals surface area contributed by atoms with Gasteiger partial charge in [-0.2, -0.15) is 13.2 Å². The Kier molecular flexibility index (Phi) is 5.22. The number of halogens is 3. The van der Waals surface area contributed by atoms with Crippen molar-refractivity contribution in [1.82, 2.24) is 5.32 Å². The number of carbonyl (C=O) groups excluding carboxylic acids is 1. The van der Waals surface area contributed by atoms with Crippen molar-refractivity contribution in [3.8, 4) is 0 Å². The number of hydrogen-bond acceptors (Lipinski definition) is 4. The fraction of sp³-hybridized carbons (Fsp3) is 0.875. The zero-order valence-electron chi connectivity index (χ0n) is 10.2. The molecule has 6 nitrogen and oxygen atoms in total. The van der Waals surface area contributed by atoms with E-state index in [1.807, 2.05) is 0 Å². The maximum Gasteiger partial charge on any atom is 0.420 e. The Hall–Kier alpha value is -0.790. The Bertz CT molecular complexity index is 352. The van der Waals surface area contributed by atoms with E-state index in [2.05, 4.69) is 9.26 Å².